The van der Waals surface area contributed by atoms with Crippen LogP contribution in [0.5, 0.6) is 11.5 Å². The molecule has 0 amide bonds. The molecule has 0 spiro atoms. The Hall–Kier alpha value is -4.47. The first kappa shape index (κ1) is 37.3. The standard InChI is InChI=1S/C46H48N4O.Pt/c1-7-10-11-13-17-32-22-25-42-39(28-32)38-24-23-37(31-43(38)49(42)44-29-34(26-27-47-44)46(4,5)6)51-36-21-16-20-35(30-36)50-41(9-3)45(40(8-2)48-50)33-18-14-12-15-19-33;/h12,14-16,18-29H,7-11,13,17H2,1-6H3;/q-2;+2. The molecule has 0 radical (unpaired) electrons. The average Bonchev–Trinajstić information content (AvgIpc) is 3.69. The van der Waals surface area contributed by atoms with Crippen LogP contribution in [0.1, 0.15) is 89.7 Å². The van der Waals surface area contributed by atoms with Crippen molar-refractivity contribution >= 4 is 21.8 Å². The van der Waals surface area contributed by atoms with E-state index in [1.54, 1.807) is 0 Å². The molecule has 6 heteroatoms. The van der Waals surface area contributed by atoms with Gasteiger partial charge in [0.05, 0.1) is 5.69 Å². The quantitative estimate of drug-likeness (QED) is 0.0908. The molecule has 7 aromatic rings. The summed E-state index contributed by atoms with van der Waals surface area (Å²) in [6, 6.07) is 39.1. The number of aryl methyl sites for hydroxylation is 2. The largest absolute Gasteiger partial charge is 2.00 e. The summed E-state index contributed by atoms with van der Waals surface area (Å²) < 4.78 is 10.8. The molecule has 0 saturated heterocycles. The van der Waals surface area contributed by atoms with E-state index in [-0.39, 0.29) is 26.5 Å². The zero-order valence-corrected chi connectivity index (χ0v) is 33.5. The van der Waals surface area contributed by atoms with Crippen molar-refractivity contribution in [3.05, 3.63) is 132 Å². The Balaban J connectivity index is 0.00000464. The van der Waals surface area contributed by atoms with Crippen molar-refractivity contribution in [1.82, 2.24) is 19.3 Å². The van der Waals surface area contributed by atoms with Gasteiger partial charge in [-0.2, -0.15) is 17.2 Å². The molecule has 0 saturated carbocycles. The number of benzene rings is 4. The molecule has 0 N–H and O–H groups in total. The van der Waals surface area contributed by atoms with Gasteiger partial charge in [-0.05, 0) is 77.1 Å². The number of fused-ring (bicyclic) bond motifs is 3. The molecule has 268 valence electrons. The first-order chi connectivity index (χ1) is 24.8. The molecule has 4 aromatic carbocycles. The predicted octanol–water partition coefficient (Wildman–Crippen LogP) is 12.0. The average molecular weight is 868 g/mol. The minimum Gasteiger partial charge on any atom is -0.509 e. The van der Waals surface area contributed by atoms with Gasteiger partial charge in [-0.3, -0.25) is 4.68 Å². The molecule has 0 aliphatic rings. The summed E-state index contributed by atoms with van der Waals surface area (Å²) in [5, 5.41) is 7.42. The molecular weight excluding hydrogens is 820 g/mol. The topological polar surface area (TPSA) is 44.9 Å². The van der Waals surface area contributed by atoms with Crippen LogP contribution in [0.15, 0.2) is 97.2 Å². The van der Waals surface area contributed by atoms with Gasteiger partial charge in [0.2, 0.25) is 0 Å². The number of hydrogen-bond acceptors (Lipinski definition) is 3. The Morgan fingerprint density at radius 3 is 2.31 bits per heavy atom. The van der Waals surface area contributed by atoms with Gasteiger partial charge in [0.1, 0.15) is 5.82 Å². The van der Waals surface area contributed by atoms with Crippen LogP contribution in [0, 0.1) is 12.1 Å². The maximum Gasteiger partial charge on any atom is 2.00 e. The molecule has 0 atom stereocenters. The van der Waals surface area contributed by atoms with Gasteiger partial charge >= 0.3 is 21.1 Å². The van der Waals surface area contributed by atoms with Gasteiger partial charge < -0.3 is 9.30 Å². The van der Waals surface area contributed by atoms with Crippen molar-refractivity contribution in [2.75, 3.05) is 0 Å². The molecular formula is C46H48N4OPt. The first-order valence-electron chi connectivity index (χ1n) is 18.6. The van der Waals surface area contributed by atoms with Gasteiger partial charge in [0, 0.05) is 34.5 Å². The van der Waals surface area contributed by atoms with Crippen LogP contribution in [0.3, 0.4) is 0 Å². The molecule has 3 heterocycles. The molecule has 0 aliphatic heterocycles. The van der Waals surface area contributed by atoms with Crippen LogP contribution in [0.2, 0.25) is 0 Å². The van der Waals surface area contributed by atoms with Crippen LogP contribution in [0.25, 0.3) is 44.4 Å². The smallest absolute Gasteiger partial charge is 0.509 e. The molecule has 7 rings (SSSR count). The Bertz CT molecular complexity index is 2290. The summed E-state index contributed by atoms with van der Waals surface area (Å²) in [6.07, 6.45) is 9.69. The predicted molar refractivity (Wildman–Crippen MR) is 211 cm³/mol. The number of unbranched alkanes of at least 4 members (excludes halogenated alkanes) is 3. The number of aromatic nitrogens is 4. The van der Waals surface area contributed by atoms with E-state index in [9.17, 15) is 0 Å². The van der Waals surface area contributed by atoms with Crippen molar-refractivity contribution in [3.63, 3.8) is 0 Å². The number of nitrogens with zero attached hydrogens (tertiary/aromatic N) is 4. The fraction of sp³-hybridized carbons (Fsp3) is 0.304. The monoisotopic (exact) mass is 867 g/mol. The molecule has 0 fully saturated rings. The molecule has 0 unspecified atom stereocenters. The van der Waals surface area contributed by atoms with Crippen LogP contribution in [-0.2, 0) is 45.7 Å². The van der Waals surface area contributed by atoms with Crippen LogP contribution >= 0.6 is 0 Å². The summed E-state index contributed by atoms with van der Waals surface area (Å²) >= 11 is 0. The molecule has 3 aromatic heterocycles. The van der Waals surface area contributed by atoms with Gasteiger partial charge in [0.25, 0.3) is 0 Å². The minimum atomic E-state index is -0.00703. The minimum absolute atomic E-state index is 0. The summed E-state index contributed by atoms with van der Waals surface area (Å²) in [5.41, 5.74) is 10.2. The van der Waals surface area contributed by atoms with E-state index in [4.69, 9.17) is 14.8 Å². The fourth-order valence-corrected chi connectivity index (χ4v) is 7.14. The van der Waals surface area contributed by atoms with E-state index < -0.39 is 0 Å². The maximum atomic E-state index is 6.55. The van der Waals surface area contributed by atoms with E-state index in [1.165, 1.54) is 59.0 Å². The Morgan fingerprint density at radius 1 is 0.750 bits per heavy atom. The van der Waals surface area contributed by atoms with E-state index in [0.717, 1.165) is 52.9 Å². The SMILES string of the molecule is CCCCCCc1ccc2c(c1)c1ccc(Oc3[c-]c(-n4nc(CC)c(-c5ccccc5)c4CC)ccc3)[c-]c1n2-c1cc(C(C)(C)C)ccn1.[Pt+2]. The number of ether oxygens (including phenoxy) is 1. The second-order valence-electron chi connectivity index (χ2n) is 14.5. The van der Waals surface area contributed by atoms with Crippen LogP contribution in [-0.4, -0.2) is 19.3 Å². The van der Waals surface area contributed by atoms with Crippen molar-refractivity contribution in [2.45, 2.75) is 91.9 Å². The zero-order chi connectivity index (χ0) is 35.5. The molecule has 0 bridgehead atoms. The Labute approximate surface area is 323 Å². The molecule has 52 heavy (non-hydrogen) atoms. The third kappa shape index (κ3) is 7.52. The van der Waals surface area contributed by atoms with E-state index in [1.807, 2.05) is 35.1 Å². The maximum absolute atomic E-state index is 6.55. The normalized spacial score (nSPS) is 11.7. The second-order valence-corrected chi connectivity index (χ2v) is 14.5. The number of pyridine rings is 1. The van der Waals surface area contributed by atoms with Gasteiger partial charge in [-0.15, -0.1) is 35.7 Å². The molecule has 0 aliphatic carbocycles. The van der Waals surface area contributed by atoms with Crippen molar-refractivity contribution < 1.29 is 25.8 Å². The third-order valence-electron chi connectivity index (χ3n) is 9.86. The summed E-state index contributed by atoms with van der Waals surface area (Å²) in [6.45, 7) is 13.3. The van der Waals surface area contributed by atoms with Crippen LogP contribution in [0.4, 0.5) is 0 Å². The van der Waals surface area contributed by atoms with Crippen molar-refractivity contribution in [1.29, 1.82) is 0 Å². The Morgan fingerprint density at radius 2 is 1.56 bits per heavy atom. The van der Waals surface area contributed by atoms with Gasteiger partial charge in [0.15, 0.2) is 0 Å². The first-order valence-corrected chi connectivity index (χ1v) is 18.6. The van der Waals surface area contributed by atoms with Crippen molar-refractivity contribution in [2.24, 2.45) is 0 Å². The third-order valence-corrected chi connectivity index (χ3v) is 9.86. The fourth-order valence-electron chi connectivity index (χ4n) is 7.14. The summed E-state index contributed by atoms with van der Waals surface area (Å²) in [4.78, 5) is 4.89. The van der Waals surface area contributed by atoms with Crippen molar-refractivity contribution in [3.8, 4) is 34.1 Å². The number of hydrogen-bond donors (Lipinski definition) is 0. The summed E-state index contributed by atoms with van der Waals surface area (Å²) in [5.74, 6) is 2.12. The number of rotatable bonds is 12. The van der Waals surface area contributed by atoms with Crippen LogP contribution < -0.4 is 4.74 Å². The Kier molecular flexibility index (Phi) is 11.5. The van der Waals surface area contributed by atoms with E-state index in [2.05, 4.69) is 125 Å². The summed E-state index contributed by atoms with van der Waals surface area (Å²) in [7, 11) is 0. The molecule has 5 nitrogen and oxygen atoms in total. The van der Waals surface area contributed by atoms with Gasteiger partial charge in [-0.1, -0.05) is 109 Å². The zero-order valence-electron chi connectivity index (χ0n) is 31.2. The van der Waals surface area contributed by atoms with Gasteiger partial charge in [-0.25, -0.2) is 4.98 Å². The second kappa shape index (κ2) is 16.0. The van der Waals surface area contributed by atoms with E-state index in [0.29, 0.717) is 11.5 Å². The van der Waals surface area contributed by atoms with E-state index >= 15 is 0 Å².